The Morgan fingerprint density at radius 2 is 1.85 bits per heavy atom. The molecule has 1 N–H and O–H groups in total. The molecule has 6 rings (SSSR count). The number of fused-ring (bicyclic) bond motifs is 1. The molecule has 2 aromatic heterocycles. The van der Waals surface area contributed by atoms with Crippen LogP contribution in [0.5, 0.6) is 5.75 Å². The van der Waals surface area contributed by atoms with Crippen molar-refractivity contribution in [3.05, 3.63) is 77.1 Å². The summed E-state index contributed by atoms with van der Waals surface area (Å²) in [5.74, 6) is 0.113. The Labute approximate surface area is 264 Å². The lowest BCUT2D eigenvalue weighted by Gasteiger charge is -2.43. The molecule has 4 heterocycles. The van der Waals surface area contributed by atoms with Crippen molar-refractivity contribution in [2.75, 3.05) is 64.6 Å². The number of aliphatic hydroxyl groups excluding tert-OH is 1. The number of aliphatic hydroxyl groups is 1. The zero-order valence-electron chi connectivity index (χ0n) is 26.0. The SMILES string of the molecule is COc1ccc(-c2nc3c(C(=O)N4CCN([C@@H](CO)c5cccc(N6CCOCC6)c5)C[C@H]4C)cnn3c(C(F)(F)F)c2C)cc1. The summed E-state index contributed by atoms with van der Waals surface area (Å²) in [5, 5.41) is 14.5. The maximum atomic E-state index is 14.4. The van der Waals surface area contributed by atoms with Crippen molar-refractivity contribution in [3.8, 4) is 17.0 Å². The van der Waals surface area contributed by atoms with Gasteiger partial charge in [-0.2, -0.15) is 18.3 Å². The molecule has 0 saturated carbocycles. The lowest BCUT2D eigenvalue weighted by molar-refractivity contribution is -0.143. The van der Waals surface area contributed by atoms with Crippen molar-refractivity contribution >= 4 is 17.2 Å². The molecule has 2 saturated heterocycles. The van der Waals surface area contributed by atoms with Gasteiger partial charge in [0.25, 0.3) is 5.91 Å². The number of benzene rings is 2. The standard InChI is InChI=1S/C33H37F3N6O4/c1-21-19-40(28(20-43)24-5-4-6-25(17-24)39-13-15-46-16-14-39)11-12-41(21)32(44)27-18-37-42-30(33(34,35)36)22(2)29(38-31(27)42)23-7-9-26(45-3)10-8-23/h4-10,17-18,21,28,43H,11-16,19-20H2,1-3H3/t21-,28+/m1/s1. The van der Waals surface area contributed by atoms with E-state index in [1.165, 1.54) is 20.2 Å². The number of carbonyl (C=O) groups excluding carboxylic acids is 1. The van der Waals surface area contributed by atoms with Crippen molar-refractivity contribution in [2.24, 2.45) is 0 Å². The predicted molar refractivity (Wildman–Crippen MR) is 166 cm³/mol. The molecule has 0 unspecified atom stereocenters. The molecule has 10 nitrogen and oxygen atoms in total. The first kappa shape index (κ1) is 31.8. The van der Waals surface area contributed by atoms with Crippen molar-refractivity contribution < 1.29 is 32.5 Å². The van der Waals surface area contributed by atoms with Crippen molar-refractivity contribution in [3.63, 3.8) is 0 Å². The lowest BCUT2D eigenvalue weighted by atomic mass is 10.0. The van der Waals surface area contributed by atoms with Gasteiger partial charge in [-0.1, -0.05) is 12.1 Å². The molecule has 244 valence electrons. The smallest absolute Gasteiger partial charge is 0.433 e. The molecule has 0 radical (unpaired) electrons. The van der Waals surface area contributed by atoms with E-state index in [1.54, 1.807) is 29.2 Å². The van der Waals surface area contributed by atoms with Crippen LogP contribution in [-0.4, -0.2) is 101 Å². The zero-order chi connectivity index (χ0) is 32.6. The summed E-state index contributed by atoms with van der Waals surface area (Å²) in [4.78, 5) is 24.6. The van der Waals surface area contributed by atoms with Crippen LogP contribution in [0.1, 0.15) is 40.1 Å². The number of alkyl halides is 3. The first-order valence-electron chi connectivity index (χ1n) is 15.3. The maximum Gasteiger partial charge on any atom is 0.433 e. The Morgan fingerprint density at radius 3 is 2.50 bits per heavy atom. The summed E-state index contributed by atoms with van der Waals surface area (Å²) < 4.78 is 54.6. The average molecular weight is 639 g/mol. The zero-order valence-corrected chi connectivity index (χ0v) is 26.0. The minimum Gasteiger partial charge on any atom is -0.497 e. The Kier molecular flexibility index (Phi) is 8.90. The van der Waals surface area contributed by atoms with E-state index < -0.39 is 17.8 Å². The number of amides is 1. The summed E-state index contributed by atoms with van der Waals surface area (Å²) in [7, 11) is 1.51. The second kappa shape index (κ2) is 12.9. The van der Waals surface area contributed by atoms with Gasteiger partial charge in [-0.15, -0.1) is 0 Å². The first-order valence-corrected chi connectivity index (χ1v) is 15.3. The van der Waals surface area contributed by atoms with Crippen LogP contribution >= 0.6 is 0 Å². The highest BCUT2D eigenvalue weighted by molar-refractivity contribution is 6.00. The number of hydrogen-bond acceptors (Lipinski definition) is 8. The van der Waals surface area contributed by atoms with Crippen molar-refractivity contribution in [1.29, 1.82) is 0 Å². The molecule has 0 spiro atoms. The highest BCUT2D eigenvalue weighted by Gasteiger charge is 2.40. The van der Waals surface area contributed by atoms with Gasteiger partial charge in [0.2, 0.25) is 0 Å². The quantitative estimate of drug-likeness (QED) is 0.318. The third kappa shape index (κ3) is 6.02. The number of halogens is 3. The van der Waals surface area contributed by atoms with Gasteiger partial charge in [-0.3, -0.25) is 9.69 Å². The molecule has 0 aliphatic carbocycles. The van der Waals surface area contributed by atoms with E-state index >= 15 is 0 Å². The van der Waals surface area contributed by atoms with Crippen LogP contribution in [0.3, 0.4) is 0 Å². The number of piperazine rings is 1. The lowest BCUT2D eigenvalue weighted by Crippen LogP contribution is -2.55. The molecule has 4 aromatic rings. The number of morpholine rings is 1. The Bertz CT molecular complexity index is 1700. The van der Waals surface area contributed by atoms with Gasteiger partial charge in [-0.25, -0.2) is 9.50 Å². The van der Waals surface area contributed by atoms with E-state index in [2.05, 4.69) is 32.0 Å². The van der Waals surface area contributed by atoms with E-state index in [0.717, 1.165) is 28.9 Å². The molecule has 46 heavy (non-hydrogen) atoms. The number of methoxy groups -OCH3 is 1. The summed E-state index contributed by atoms with van der Waals surface area (Å²) >= 11 is 0. The molecule has 2 fully saturated rings. The number of nitrogens with zero attached hydrogens (tertiary/aromatic N) is 6. The summed E-state index contributed by atoms with van der Waals surface area (Å²) in [6.45, 7) is 7.36. The van der Waals surface area contributed by atoms with E-state index in [9.17, 15) is 23.1 Å². The molecular weight excluding hydrogens is 601 g/mol. The summed E-state index contributed by atoms with van der Waals surface area (Å²) in [6.07, 6.45) is -3.57. The van der Waals surface area contributed by atoms with Gasteiger partial charge >= 0.3 is 6.18 Å². The molecule has 13 heteroatoms. The molecule has 1 amide bonds. The largest absolute Gasteiger partial charge is 0.497 e. The first-order chi connectivity index (χ1) is 22.1. The van der Waals surface area contributed by atoms with Crippen molar-refractivity contribution in [1.82, 2.24) is 24.4 Å². The Hall–Kier alpha value is -4.20. The molecule has 2 aliphatic heterocycles. The minimum absolute atomic E-state index is 0.00233. The van der Waals surface area contributed by atoms with Gasteiger partial charge < -0.3 is 24.4 Å². The van der Waals surface area contributed by atoms with Crippen LogP contribution in [0.2, 0.25) is 0 Å². The fraction of sp³-hybridized carbons (Fsp3) is 0.424. The number of ether oxygens (including phenoxy) is 2. The van der Waals surface area contributed by atoms with Gasteiger partial charge in [0.05, 0.1) is 44.9 Å². The van der Waals surface area contributed by atoms with Gasteiger partial charge in [0.1, 0.15) is 11.3 Å². The highest BCUT2D eigenvalue weighted by Crippen LogP contribution is 2.37. The predicted octanol–water partition coefficient (Wildman–Crippen LogP) is 4.45. The molecule has 2 aromatic carbocycles. The Balaban J connectivity index is 1.27. The van der Waals surface area contributed by atoms with Crippen LogP contribution in [-0.2, 0) is 10.9 Å². The number of anilines is 1. The van der Waals surface area contributed by atoms with E-state index in [-0.39, 0.29) is 41.2 Å². The summed E-state index contributed by atoms with van der Waals surface area (Å²) in [6, 6.07) is 14.1. The molecule has 0 bridgehead atoms. The van der Waals surface area contributed by atoms with Gasteiger partial charge in [0.15, 0.2) is 11.3 Å². The fourth-order valence-corrected chi connectivity index (χ4v) is 6.49. The van der Waals surface area contributed by atoms with E-state index in [0.29, 0.717) is 44.2 Å². The van der Waals surface area contributed by atoms with Crippen LogP contribution < -0.4 is 9.64 Å². The number of hydrogen-bond donors (Lipinski definition) is 1. The second-order valence-corrected chi connectivity index (χ2v) is 11.7. The van der Waals surface area contributed by atoms with E-state index in [1.807, 2.05) is 19.1 Å². The monoisotopic (exact) mass is 638 g/mol. The normalized spacial score (nSPS) is 18.6. The average Bonchev–Trinajstić information content (AvgIpc) is 3.47. The van der Waals surface area contributed by atoms with Crippen LogP contribution in [0, 0.1) is 6.92 Å². The minimum atomic E-state index is -4.74. The topological polar surface area (TPSA) is 95.7 Å². The highest BCUT2D eigenvalue weighted by atomic mass is 19.4. The number of aromatic nitrogens is 3. The van der Waals surface area contributed by atoms with Crippen LogP contribution in [0.4, 0.5) is 18.9 Å². The van der Waals surface area contributed by atoms with E-state index in [4.69, 9.17) is 9.47 Å². The second-order valence-electron chi connectivity index (χ2n) is 11.7. The third-order valence-corrected chi connectivity index (χ3v) is 8.91. The molecular formula is C33H37F3N6O4. The maximum absolute atomic E-state index is 14.4. The fourth-order valence-electron chi connectivity index (χ4n) is 6.49. The Morgan fingerprint density at radius 1 is 1.11 bits per heavy atom. The van der Waals surface area contributed by atoms with Crippen LogP contribution in [0.15, 0.2) is 54.7 Å². The summed E-state index contributed by atoms with van der Waals surface area (Å²) in [5.41, 5.74) is 1.39. The number of rotatable bonds is 7. The van der Waals surface area contributed by atoms with Crippen molar-refractivity contribution in [2.45, 2.75) is 32.1 Å². The van der Waals surface area contributed by atoms with Crippen LogP contribution in [0.25, 0.3) is 16.9 Å². The van der Waals surface area contributed by atoms with Gasteiger partial charge in [0, 0.05) is 55.6 Å². The van der Waals surface area contributed by atoms with Gasteiger partial charge in [-0.05, 0) is 55.8 Å². The molecule has 2 aliphatic rings. The molecule has 2 atom stereocenters. The third-order valence-electron chi connectivity index (χ3n) is 8.91. The number of carbonyl (C=O) groups is 1.